The molecule has 10 heteroatoms. The van der Waals surface area contributed by atoms with Crippen LogP contribution in [0.4, 0.5) is 10.2 Å². The highest BCUT2D eigenvalue weighted by molar-refractivity contribution is 6.29. The topological polar surface area (TPSA) is 128 Å². The Bertz CT molecular complexity index is 1330. The van der Waals surface area contributed by atoms with E-state index < -0.39 is 23.7 Å². The van der Waals surface area contributed by atoms with Gasteiger partial charge < -0.3 is 15.4 Å². The number of nitrogens with zero attached hydrogens (tertiary/aromatic N) is 4. The summed E-state index contributed by atoms with van der Waals surface area (Å²) in [5, 5.41) is 23.3. The quantitative estimate of drug-likeness (QED) is 0.461. The van der Waals surface area contributed by atoms with Gasteiger partial charge in [0.1, 0.15) is 16.7 Å². The summed E-state index contributed by atoms with van der Waals surface area (Å²) in [6.07, 6.45) is 6.60. The molecule has 0 aliphatic heterocycles. The van der Waals surface area contributed by atoms with E-state index in [1.807, 2.05) is 0 Å². The van der Waals surface area contributed by atoms with Gasteiger partial charge in [0.2, 0.25) is 0 Å². The molecule has 3 heterocycles. The molecule has 8 nitrogen and oxygen atoms in total. The van der Waals surface area contributed by atoms with Gasteiger partial charge in [-0.3, -0.25) is 4.79 Å². The fourth-order valence-electron chi connectivity index (χ4n) is 5.75. The zero-order valence-electron chi connectivity index (χ0n) is 18.8. The lowest BCUT2D eigenvalue weighted by Gasteiger charge is -2.47. The van der Waals surface area contributed by atoms with E-state index in [0.29, 0.717) is 16.7 Å². The molecule has 3 aromatic rings. The number of fused-ring (bicyclic) bond motifs is 4. The second-order valence-corrected chi connectivity index (χ2v) is 9.87. The van der Waals surface area contributed by atoms with Crippen molar-refractivity contribution in [3.05, 3.63) is 34.5 Å². The number of carboxylic acid groups (broad SMARTS) is 1. The molecule has 0 spiro atoms. The fourth-order valence-corrected chi connectivity index (χ4v) is 5.88. The second kappa shape index (κ2) is 8.51. The van der Waals surface area contributed by atoms with E-state index in [4.69, 9.17) is 11.6 Å². The van der Waals surface area contributed by atoms with Crippen LogP contribution in [0.25, 0.3) is 22.4 Å². The van der Waals surface area contributed by atoms with Crippen molar-refractivity contribution in [1.29, 1.82) is 5.26 Å². The van der Waals surface area contributed by atoms with Crippen LogP contribution in [-0.4, -0.2) is 37.1 Å². The molecule has 2 bridgehead atoms. The van der Waals surface area contributed by atoms with E-state index >= 15 is 4.39 Å². The molecule has 3 aliphatic carbocycles. The third-order valence-electron chi connectivity index (χ3n) is 7.28. The molecule has 34 heavy (non-hydrogen) atoms. The highest BCUT2D eigenvalue weighted by Crippen LogP contribution is 2.47. The first-order valence-electron chi connectivity index (χ1n) is 11.4. The summed E-state index contributed by atoms with van der Waals surface area (Å²) >= 11 is 6.06. The van der Waals surface area contributed by atoms with E-state index in [0.717, 1.165) is 25.7 Å². The number of aromatic amines is 1. The van der Waals surface area contributed by atoms with Crippen LogP contribution in [0.5, 0.6) is 0 Å². The minimum Gasteiger partial charge on any atom is -0.481 e. The SMILES string of the molecule is CC(C)c1c(F)c(NC2C3CCC(CC3)C2C(=O)O)nc(-c2c[nH]c3ncc(Cl)nc23)c1C#N. The van der Waals surface area contributed by atoms with Gasteiger partial charge in [-0.25, -0.2) is 19.3 Å². The van der Waals surface area contributed by atoms with Crippen molar-refractivity contribution >= 4 is 34.6 Å². The molecule has 0 radical (unpaired) electrons. The fraction of sp³-hybridized carbons (Fsp3) is 0.458. The lowest BCUT2D eigenvalue weighted by Crippen LogP contribution is -2.51. The summed E-state index contributed by atoms with van der Waals surface area (Å²) < 4.78 is 15.8. The minimum atomic E-state index is -0.869. The van der Waals surface area contributed by atoms with Gasteiger partial charge in [0, 0.05) is 23.4 Å². The van der Waals surface area contributed by atoms with Crippen molar-refractivity contribution in [2.45, 2.75) is 51.5 Å². The molecule has 3 aromatic heterocycles. The monoisotopic (exact) mass is 482 g/mol. The number of halogens is 2. The molecule has 3 fully saturated rings. The van der Waals surface area contributed by atoms with Crippen LogP contribution in [0.2, 0.25) is 5.15 Å². The molecule has 3 saturated carbocycles. The number of anilines is 1. The predicted octanol–water partition coefficient (Wildman–Crippen LogP) is 5.11. The molecule has 2 unspecified atom stereocenters. The predicted molar refractivity (Wildman–Crippen MR) is 125 cm³/mol. The maximum Gasteiger partial charge on any atom is 0.308 e. The van der Waals surface area contributed by atoms with Crippen LogP contribution >= 0.6 is 11.6 Å². The van der Waals surface area contributed by atoms with Crippen LogP contribution in [0.3, 0.4) is 0 Å². The largest absolute Gasteiger partial charge is 0.481 e. The van der Waals surface area contributed by atoms with Crippen LogP contribution < -0.4 is 5.32 Å². The molecule has 3 N–H and O–H groups in total. The number of rotatable bonds is 5. The first kappa shape index (κ1) is 22.5. The number of hydrogen-bond acceptors (Lipinski definition) is 6. The van der Waals surface area contributed by atoms with Gasteiger partial charge in [-0.15, -0.1) is 0 Å². The normalized spacial score (nSPS) is 23.9. The summed E-state index contributed by atoms with van der Waals surface area (Å²) in [6.45, 7) is 3.61. The standard InChI is InChI=1S/C24H24ClFN6O2/c1-10(2)16-13(7-27)20(14-8-28-23-21(14)30-15(25)9-29-23)32-22(18(16)26)31-19-12-5-3-11(4-6-12)17(19)24(33)34/h8-12,17,19H,3-6H2,1-2H3,(H,28,29)(H,31,32)(H,33,34). The Morgan fingerprint density at radius 2 is 2.00 bits per heavy atom. The zero-order valence-corrected chi connectivity index (χ0v) is 19.5. The number of hydrogen-bond donors (Lipinski definition) is 3. The average molecular weight is 483 g/mol. The van der Waals surface area contributed by atoms with E-state index in [9.17, 15) is 15.2 Å². The van der Waals surface area contributed by atoms with Gasteiger partial charge in [-0.05, 0) is 43.4 Å². The van der Waals surface area contributed by atoms with E-state index in [-0.39, 0.29) is 45.5 Å². The first-order chi connectivity index (χ1) is 16.3. The number of carbonyl (C=O) groups is 1. The average Bonchev–Trinajstić information content (AvgIpc) is 3.22. The zero-order chi connectivity index (χ0) is 24.1. The smallest absolute Gasteiger partial charge is 0.308 e. The second-order valence-electron chi connectivity index (χ2n) is 9.48. The van der Waals surface area contributed by atoms with Gasteiger partial charge in [0.25, 0.3) is 0 Å². The number of aliphatic carboxylic acids is 1. The Kier molecular flexibility index (Phi) is 5.64. The Morgan fingerprint density at radius 1 is 1.29 bits per heavy atom. The van der Waals surface area contributed by atoms with E-state index in [1.165, 1.54) is 6.20 Å². The number of carboxylic acids is 1. The third-order valence-corrected chi connectivity index (χ3v) is 7.46. The molecule has 176 valence electrons. The number of aromatic nitrogens is 4. The molecule has 6 rings (SSSR count). The molecule has 0 aromatic carbocycles. The van der Waals surface area contributed by atoms with Gasteiger partial charge in [-0.1, -0.05) is 25.4 Å². The Morgan fingerprint density at radius 3 is 2.65 bits per heavy atom. The maximum absolute atomic E-state index is 15.8. The molecule has 0 amide bonds. The highest BCUT2D eigenvalue weighted by atomic mass is 35.5. The number of nitrogens with one attached hydrogen (secondary N) is 2. The molecular formula is C24H24ClFN6O2. The maximum atomic E-state index is 15.8. The van der Waals surface area contributed by atoms with Crippen LogP contribution in [0.1, 0.15) is 56.6 Å². The summed E-state index contributed by atoms with van der Waals surface area (Å²) in [6, 6.07) is 1.69. The van der Waals surface area contributed by atoms with Crippen molar-refractivity contribution < 1.29 is 14.3 Å². The van der Waals surface area contributed by atoms with Crippen molar-refractivity contribution in [1.82, 2.24) is 19.9 Å². The van der Waals surface area contributed by atoms with Crippen molar-refractivity contribution in [3.63, 3.8) is 0 Å². The van der Waals surface area contributed by atoms with Crippen LogP contribution in [-0.2, 0) is 4.79 Å². The van der Waals surface area contributed by atoms with E-state index in [1.54, 1.807) is 20.0 Å². The van der Waals surface area contributed by atoms with Crippen molar-refractivity contribution in [2.24, 2.45) is 17.8 Å². The molecule has 3 aliphatic rings. The lowest BCUT2D eigenvalue weighted by molar-refractivity contribution is -0.148. The minimum absolute atomic E-state index is 0.0363. The van der Waals surface area contributed by atoms with Crippen LogP contribution in [0, 0.1) is 34.9 Å². The summed E-state index contributed by atoms with van der Waals surface area (Å²) in [4.78, 5) is 28.2. The lowest BCUT2D eigenvalue weighted by atomic mass is 9.61. The van der Waals surface area contributed by atoms with Gasteiger partial charge in [-0.2, -0.15) is 5.26 Å². The molecular weight excluding hydrogens is 459 g/mol. The Labute approximate surface area is 200 Å². The number of pyridine rings is 1. The van der Waals surface area contributed by atoms with Crippen LogP contribution in [0.15, 0.2) is 12.4 Å². The molecule has 0 saturated heterocycles. The van der Waals surface area contributed by atoms with E-state index in [2.05, 4.69) is 31.3 Å². The number of nitriles is 1. The Hall–Kier alpha value is -3.25. The summed E-state index contributed by atoms with van der Waals surface area (Å²) in [7, 11) is 0. The summed E-state index contributed by atoms with van der Waals surface area (Å²) in [5.74, 6) is -2.24. The van der Waals surface area contributed by atoms with Crippen molar-refractivity contribution in [2.75, 3.05) is 5.32 Å². The first-order valence-corrected chi connectivity index (χ1v) is 11.8. The number of H-pyrrole nitrogens is 1. The van der Waals surface area contributed by atoms with Gasteiger partial charge in [0.05, 0.1) is 23.4 Å². The van der Waals surface area contributed by atoms with Gasteiger partial charge in [0.15, 0.2) is 17.3 Å². The summed E-state index contributed by atoms with van der Waals surface area (Å²) in [5.41, 5.74) is 1.96. The molecule has 2 atom stereocenters. The highest BCUT2D eigenvalue weighted by Gasteiger charge is 2.47. The van der Waals surface area contributed by atoms with Crippen molar-refractivity contribution in [3.8, 4) is 17.3 Å². The Balaban J connectivity index is 1.68. The third kappa shape index (κ3) is 3.57. The van der Waals surface area contributed by atoms with Gasteiger partial charge >= 0.3 is 5.97 Å².